The number of imide groups is 2. The number of nitrogens with one attached hydrogen (secondary N) is 2. The maximum Gasteiger partial charge on any atom is 0.421 e. The Hall–Kier alpha value is -5.85. The van der Waals surface area contributed by atoms with Gasteiger partial charge >= 0.3 is 12.2 Å². The average Bonchev–Trinajstić information content (AvgIpc) is 3.62. The number of ether oxygens (including phenoxy) is 2. The zero-order chi connectivity index (χ0) is 36.1. The van der Waals surface area contributed by atoms with E-state index in [0.717, 1.165) is 9.80 Å². The molecule has 48 heavy (non-hydrogen) atoms. The second kappa shape index (κ2) is 14.3. The van der Waals surface area contributed by atoms with E-state index in [4.69, 9.17) is 14.7 Å². The third-order valence-corrected chi connectivity index (χ3v) is 6.48. The molecule has 0 atom stereocenters. The zero-order valence-electron chi connectivity index (χ0n) is 28.4. The third-order valence-electron chi connectivity index (χ3n) is 6.48. The van der Waals surface area contributed by atoms with Gasteiger partial charge in [-0.05, 0) is 59.7 Å². The summed E-state index contributed by atoms with van der Waals surface area (Å²) in [5.41, 5.74) is -0.704. The highest BCUT2D eigenvalue weighted by atomic mass is 16.6. The molecule has 16 heteroatoms. The summed E-state index contributed by atoms with van der Waals surface area (Å²) in [5.74, 6) is -1.85. The van der Waals surface area contributed by atoms with Gasteiger partial charge in [-0.2, -0.15) is 5.26 Å². The summed E-state index contributed by atoms with van der Waals surface area (Å²) in [7, 11) is 4.73. The van der Waals surface area contributed by atoms with Crippen LogP contribution in [0.25, 0.3) is 0 Å². The molecular formula is C32H40N8O8. The molecule has 3 rings (SSSR count). The topological polar surface area (TPSA) is 190 Å². The first-order valence-electron chi connectivity index (χ1n) is 14.8. The Morgan fingerprint density at radius 2 is 1.23 bits per heavy atom. The second-order valence-corrected chi connectivity index (χ2v) is 12.9. The van der Waals surface area contributed by atoms with E-state index in [1.165, 1.54) is 50.5 Å². The first-order valence-corrected chi connectivity index (χ1v) is 14.8. The van der Waals surface area contributed by atoms with Crippen LogP contribution in [-0.2, 0) is 35.4 Å². The summed E-state index contributed by atoms with van der Waals surface area (Å²) in [6, 6.07) is 6.09. The van der Waals surface area contributed by atoms with Crippen molar-refractivity contribution in [2.45, 2.75) is 59.2 Å². The summed E-state index contributed by atoms with van der Waals surface area (Å²) >= 11 is 0. The Balaban J connectivity index is 1.75. The van der Waals surface area contributed by atoms with Gasteiger partial charge in [0.15, 0.2) is 0 Å². The lowest BCUT2D eigenvalue weighted by Gasteiger charge is -2.25. The monoisotopic (exact) mass is 664 g/mol. The maximum atomic E-state index is 13.3. The lowest BCUT2D eigenvalue weighted by atomic mass is 10.2. The van der Waals surface area contributed by atoms with Crippen LogP contribution in [0.3, 0.4) is 0 Å². The quantitative estimate of drug-likeness (QED) is 0.312. The maximum absolute atomic E-state index is 13.3. The van der Waals surface area contributed by atoms with E-state index in [9.17, 15) is 28.8 Å². The lowest BCUT2D eigenvalue weighted by molar-refractivity contribution is -0.107. The van der Waals surface area contributed by atoms with Crippen LogP contribution in [0.5, 0.6) is 0 Å². The Bertz CT molecular complexity index is 1780. The standard InChI is InChI=1S/C32H40N8O8/c1-31(2,3)47-29(45)39(12-10-11-33)28(44)25-14-21(17-37(25)8)35-26(42)23-13-20(16-36(23)7)34-27(43)24-15-22(18-38(24)9)40(19-41)30(46)48-32(4,5)6/h13-19H,10,12H2,1-9H3,(H,34,43)(H,35,42). The van der Waals surface area contributed by atoms with Gasteiger partial charge in [0.1, 0.15) is 28.3 Å². The number of nitriles is 1. The van der Waals surface area contributed by atoms with Crippen molar-refractivity contribution in [3.05, 3.63) is 53.9 Å². The zero-order valence-corrected chi connectivity index (χ0v) is 28.4. The minimum absolute atomic E-state index is 0.0654. The summed E-state index contributed by atoms with van der Waals surface area (Å²) in [4.78, 5) is 78.1. The number of aromatic nitrogens is 3. The van der Waals surface area contributed by atoms with E-state index in [2.05, 4.69) is 10.6 Å². The highest BCUT2D eigenvalue weighted by molar-refractivity contribution is 6.09. The molecule has 16 nitrogen and oxygen atoms in total. The van der Waals surface area contributed by atoms with Gasteiger partial charge in [-0.3, -0.25) is 19.2 Å². The van der Waals surface area contributed by atoms with Crippen LogP contribution in [0.2, 0.25) is 0 Å². The Morgan fingerprint density at radius 1 is 0.771 bits per heavy atom. The molecule has 0 unspecified atom stereocenters. The van der Waals surface area contributed by atoms with Crippen molar-refractivity contribution in [3.8, 4) is 6.07 Å². The Labute approximate surface area is 277 Å². The number of rotatable bonds is 9. The smallest absolute Gasteiger partial charge is 0.421 e. The minimum Gasteiger partial charge on any atom is -0.443 e. The van der Waals surface area contributed by atoms with Crippen molar-refractivity contribution in [1.29, 1.82) is 5.26 Å². The highest BCUT2D eigenvalue weighted by Crippen LogP contribution is 2.23. The van der Waals surface area contributed by atoms with Crippen LogP contribution in [0.4, 0.5) is 26.7 Å². The van der Waals surface area contributed by atoms with E-state index in [0.29, 0.717) is 6.41 Å². The van der Waals surface area contributed by atoms with Crippen LogP contribution in [0.15, 0.2) is 36.8 Å². The van der Waals surface area contributed by atoms with Crippen molar-refractivity contribution in [2.24, 2.45) is 21.1 Å². The molecule has 0 saturated carbocycles. The summed E-state index contributed by atoms with van der Waals surface area (Å²) in [6.07, 6.45) is 2.83. The van der Waals surface area contributed by atoms with Gasteiger partial charge in [-0.15, -0.1) is 0 Å². The van der Waals surface area contributed by atoms with Gasteiger partial charge in [-0.25, -0.2) is 19.4 Å². The molecule has 0 aliphatic rings. The first kappa shape index (κ1) is 36.6. The fraction of sp³-hybridized carbons (Fsp3) is 0.406. The highest BCUT2D eigenvalue weighted by Gasteiger charge is 2.30. The number of amides is 6. The number of aryl methyl sites for hydroxylation is 3. The minimum atomic E-state index is -0.900. The molecule has 2 N–H and O–H groups in total. The van der Waals surface area contributed by atoms with Crippen molar-refractivity contribution < 1.29 is 38.2 Å². The molecule has 0 aliphatic carbocycles. The molecular weight excluding hydrogens is 624 g/mol. The van der Waals surface area contributed by atoms with Gasteiger partial charge in [0.05, 0.1) is 29.6 Å². The van der Waals surface area contributed by atoms with Gasteiger partial charge in [-0.1, -0.05) is 0 Å². The largest absolute Gasteiger partial charge is 0.443 e. The number of hydrogen-bond acceptors (Lipinski definition) is 9. The molecule has 0 bridgehead atoms. The summed E-state index contributed by atoms with van der Waals surface area (Å²) < 4.78 is 14.9. The Kier molecular flexibility index (Phi) is 10.9. The molecule has 0 aliphatic heterocycles. The molecule has 6 amide bonds. The molecule has 3 aromatic heterocycles. The van der Waals surface area contributed by atoms with E-state index in [1.807, 2.05) is 6.07 Å². The van der Waals surface area contributed by atoms with Crippen molar-refractivity contribution in [2.75, 3.05) is 22.1 Å². The fourth-order valence-corrected chi connectivity index (χ4v) is 4.41. The Morgan fingerprint density at radius 3 is 1.73 bits per heavy atom. The number of carbonyl (C=O) groups is 6. The lowest BCUT2D eigenvalue weighted by Crippen LogP contribution is -2.42. The van der Waals surface area contributed by atoms with Gasteiger partial charge in [0.25, 0.3) is 17.7 Å². The first-order chi connectivity index (χ1) is 22.2. The molecule has 0 saturated heterocycles. The van der Waals surface area contributed by atoms with Crippen LogP contribution < -0.4 is 15.5 Å². The number of anilines is 3. The molecule has 3 aromatic rings. The molecule has 0 aromatic carbocycles. The summed E-state index contributed by atoms with van der Waals surface area (Å²) in [5, 5.41) is 14.4. The van der Waals surface area contributed by atoms with Gasteiger partial charge < -0.3 is 33.8 Å². The summed E-state index contributed by atoms with van der Waals surface area (Å²) in [6.45, 7) is 9.76. The van der Waals surface area contributed by atoms with E-state index < -0.39 is 41.1 Å². The van der Waals surface area contributed by atoms with Crippen LogP contribution >= 0.6 is 0 Å². The van der Waals surface area contributed by atoms with Crippen LogP contribution in [0, 0.1) is 11.3 Å². The third kappa shape index (κ3) is 9.12. The van der Waals surface area contributed by atoms with Crippen molar-refractivity contribution in [1.82, 2.24) is 18.6 Å². The molecule has 0 fully saturated rings. The molecule has 0 spiro atoms. The molecule has 256 valence electrons. The van der Waals surface area contributed by atoms with Gasteiger partial charge in [0, 0.05) is 46.3 Å². The SMILES string of the molecule is Cn1cc(NC(=O)c2cc(N(C=O)C(=O)OC(C)(C)C)cn2C)cc1C(=O)Nc1cc(C(=O)N(CCC#N)C(=O)OC(C)(C)C)n(C)c1. The van der Waals surface area contributed by atoms with E-state index >= 15 is 0 Å². The number of carbonyl (C=O) groups excluding carboxylic acids is 6. The van der Waals surface area contributed by atoms with Crippen LogP contribution in [0.1, 0.15) is 79.4 Å². The van der Waals surface area contributed by atoms with E-state index in [1.54, 1.807) is 62.7 Å². The van der Waals surface area contributed by atoms with Crippen molar-refractivity contribution in [3.63, 3.8) is 0 Å². The predicted molar refractivity (Wildman–Crippen MR) is 174 cm³/mol. The van der Waals surface area contributed by atoms with E-state index in [-0.39, 0.29) is 47.1 Å². The van der Waals surface area contributed by atoms with Crippen molar-refractivity contribution >= 4 is 53.4 Å². The molecule has 0 radical (unpaired) electrons. The normalized spacial score (nSPS) is 11.2. The average molecular weight is 665 g/mol. The van der Waals surface area contributed by atoms with Crippen LogP contribution in [-0.4, -0.2) is 72.7 Å². The number of nitrogens with zero attached hydrogens (tertiary/aromatic N) is 6. The predicted octanol–water partition coefficient (Wildman–Crippen LogP) is 4.40. The molecule has 3 heterocycles. The fourth-order valence-electron chi connectivity index (χ4n) is 4.41. The number of hydrogen-bond donors (Lipinski definition) is 2. The van der Waals surface area contributed by atoms with Gasteiger partial charge in [0.2, 0.25) is 6.41 Å². The second-order valence-electron chi connectivity index (χ2n) is 12.9.